The maximum absolute atomic E-state index is 8.57. The molecule has 0 N–H and O–H groups in total. The van der Waals surface area contributed by atoms with Gasteiger partial charge < -0.3 is 4.57 Å². The van der Waals surface area contributed by atoms with E-state index in [1.807, 2.05) is 27.0 Å². The van der Waals surface area contributed by atoms with Gasteiger partial charge in [0, 0.05) is 18.2 Å². The van der Waals surface area contributed by atoms with E-state index in [0.717, 1.165) is 33.3 Å². The summed E-state index contributed by atoms with van der Waals surface area (Å²) in [6.45, 7) is 3.86. The van der Waals surface area contributed by atoms with E-state index in [-0.39, 0.29) is 0 Å². The largest absolute Gasteiger partial charge is 0.325 e. The summed E-state index contributed by atoms with van der Waals surface area (Å²) in [5.41, 5.74) is 13.6. The molecule has 0 saturated heterocycles. The van der Waals surface area contributed by atoms with E-state index in [4.69, 9.17) is 5.53 Å². The molecular weight excluding hydrogens is 242 g/mol. The van der Waals surface area contributed by atoms with E-state index in [1.165, 1.54) is 0 Å². The maximum Gasteiger partial charge on any atom is 0.197 e. The van der Waals surface area contributed by atoms with E-state index in [9.17, 15) is 0 Å². The fourth-order valence-corrected chi connectivity index (χ4v) is 2.27. The van der Waals surface area contributed by atoms with Gasteiger partial charge in [-0.2, -0.15) is 0 Å². The molecule has 0 aliphatic rings. The molecule has 0 saturated carbocycles. The van der Waals surface area contributed by atoms with Crippen molar-refractivity contribution < 1.29 is 0 Å². The molecule has 0 aliphatic heterocycles. The Balaban J connectivity index is 2.56. The minimum atomic E-state index is 0.330. The number of hydrogen-bond acceptors (Lipinski definition) is 4. The first kappa shape index (κ1) is 11.4. The molecule has 0 aliphatic carbocycles. The average Bonchev–Trinajstić information content (AvgIpc) is 2.70. The van der Waals surface area contributed by atoms with Gasteiger partial charge in [0.2, 0.25) is 0 Å². The van der Waals surface area contributed by atoms with Crippen molar-refractivity contribution in [2.24, 2.45) is 12.2 Å². The standard InChI is InChI=1S/C12H11N7/c1-6-4-8-9(15-7(2)5-14-8)10-11(6)19(3)12(16-10)17-18-13/h4-5H,1-3H3. The Bertz CT molecular complexity index is 856. The van der Waals surface area contributed by atoms with Gasteiger partial charge in [0.15, 0.2) is 5.95 Å². The highest BCUT2D eigenvalue weighted by Crippen LogP contribution is 2.29. The number of nitrogens with zero attached hydrogens (tertiary/aromatic N) is 7. The van der Waals surface area contributed by atoms with Crippen LogP contribution in [0.2, 0.25) is 0 Å². The molecule has 3 aromatic rings. The molecule has 7 nitrogen and oxygen atoms in total. The summed E-state index contributed by atoms with van der Waals surface area (Å²) in [5.74, 6) is 0.330. The molecule has 2 heterocycles. The normalized spacial score (nSPS) is 10.9. The molecule has 94 valence electrons. The molecule has 2 aromatic heterocycles. The molecule has 0 bridgehead atoms. The molecule has 1 aromatic carbocycles. The summed E-state index contributed by atoms with van der Waals surface area (Å²) in [5, 5.41) is 3.60. The summed E-state index contributed by atoms with van der Waals surface area (Å²) in [4.78, 5) is 16.0. The molecule has 0 spiro atoms. The molecule has 19 heavy (non-hydrogen) atoms. The second-order valence-electron chi connectivity index (χ2n) is 4.43. The Morgan fingerprint density at radius 3 is 2.79 bits per heavy atom. The van der Waals surface area contributed by atoms with Gasteiger partial charge in [-0.25, -0.2) is 9.97 Å². The summed E-state index contributed by atoms with van der Waals surface area (Å²) in [6.07, 6.45) is 1.73. The van der Waals surface area contributed by atoms with Gasteiger partial charge in [-0.15, -0.1) is 0 Å². The van der Waals surface area contributed by atoms with Crippen LogP contribution >= 0.6 is 0 Å². The predicted molar refractivity (Wildman–Crippen MR) is 72.1 cm³/mol. The number of rotatable bonds is 1. The Hall–Kier alpha value is -2.66. The molecule has 0 atom stereocenters. The van der Waals surface area contributed by atoms with Crippen LogP contribution in [0.1, 0.15) is 11.3 Å². The van der Waals surface area contributed by atoms with Gasteiger partial charge in [0.25, 0.3) is 0 Å². The second kappa shape index (κ2) is 3.93. The number of benzene rings is 1. The number of hydrogen-bond donors (Lipinski definition) is 0. The maximum atomic E-state index is 8.57. The van der Waals surface area contributed by atoms with Gasteiger partial charge in [-0.3, -0.25) is 4.98 Å². The van der Waals surface area contributed by atoms with Crippen LogP contribution < -0.4 is 0 Å². The van der Waals surface area contributed by atoms with Gasteiger partial charge in [0.1, 0.15) is 11.0 Å². The molecule has 0 radical (unpaired) electrons. The third kappa shape index (κ3) is 1.60. The van der Waals surface area contributed by atoms with Crippen LogP contribution in [0.25, 0.3) is 32.5 Å². The first-order chi connectivity index (χ1) is 9.11. The van der Waals surface area contributed by atoms with Crippen molar-refractivity contribution in [3.05, 3.63) is 34.0 Å². The van der Waals surface area contributed by atoms with Crippen LogP contribution in [0.3, 0.4) is 0 Å². The monoisotopic (exact) mass is 253 g/mol. The van der Waals surface area contributed by atoms with Crippen molar-refractivity contribution in [2.75, 3.05) is 0 Å². The van der Waals surface area contributed by atoms with Crippen LogP contribution in [-0.2, 0) is 7.05 Å². The van der Waals surface area contributed by atoms with Crippen LogP contribution in [-0.4, -0.2) is 19.5 Å². The van der Waals surface area contributed by atoms with E-state index < -0.39 is 0 Å². The lowest BCUT2D eigenvalue weighted by atomic mass is 10.1. The van der Waals surface area contributed by atoms with Crippen molar-refractivity contribution in [2.45, 2.75) is 13.8 Å². The van der Waals surface area contributed by atoms with E-state index in [1.54, 1.807) is 10.8 Å². The van der Waals surface area contributed by atoms with Crippen LogP contribution in [0.15, 0.2) is 17.4 Å². The summed E-state index contributed by atoms with van der Waals surface area (Å²) in [7, 11) is 1.82. The summed E-state index contributed by atoms with van der Waals surface area (Å²) in [6, 6.07) is 1.96. The van der Waals surface area contributed by atoms with Crippen LogP contribution in [0, 0.1) is 13.8 Å². The van der Waals surface area contributed by atoms with Crippen molar-refractivity contribution in [1.29, 1.82) is 0 Å². The molecule has 3 rings (SSSR count). The third-order valence-electron chi connectivity index (χ3n) is 3.08. The van der Waals surface area contributed by atoms with Gasteiger partial charge >= 0.3 is 0 Å². The zero-order valence-corrected chi connectivity index (χ0v) is 10.8. The fourth-order valence-electron chi connectivity index (χ4n) is 2.27. The summed E-state index contributed by atoms with van der Waals surface area (Å²) >= 11 is 0. The van der Waals surface area contributed by atoms with E-state index in [2.05, 4.69) is 25.0 Å². The number of aryl methyl sites for hydroxylation is 3. The van der Waals surface area contributed by atoms with Crippen molar-refractivity contribution in [3.8, 4) is 0 Å². The number of fused-ring (bicyclic) bond motifs is 3. The highest BCUT2D eigenvalue weighted by molar-refractivity contribution is 6.02. The first-order valence-corrected chi connectivity index (χ1v) is 5.76. The molecule has 0 amide bonds. The van der Waals surface area contributed by atoms with Crippen LogP contribution in [0.5, 0.6) is 0 Å². The third-order valence-corrected chi connectivity index (χ3v) is 3.08. The lowest BCUT2D eigenvalue weighted by Crippen LogP contribution is -1.93. The lowest BCUT2D eigenvalue weighted by Gasteiger charge is -2.04. The summed E-state index contributed by atoms with van der Waals surface area (Å²) < 4.78 is 1.77. The fraction of sp³-hybridized carbons (Fsp3) is 0.250. The second-order valence-corrected chi connectivity index (χ2v) is 4.43. The number of aromatic nitrogens is 4. The minimum absolute atomic E-state index is 0.330. The van der Waals surface area contributed by atoms with E-state index >= 15 is 0 Å². The Morgan fingerprint density at radius 2 is 2.05 bits per heavy atom. The zero-order chi connectivity index (χ0) is 13.6. The molecule has 0 fully saturated rings. The van der Waals surface area contributed by atoms with Crippen LogP contribution in [0.4, 0.5) is 5.95 Å². The first-order valence-electron chi connectivity index (χ1n) is 5.76. The molecule has 0 unspecified atom stereocenters. The Kier molecular flexibility index (Phi) is 2.36. The molecular formula is C12H11N7. The van der Waals surface area contributed by atoms with Gasteiger partial charge in [0.05, 0.1) is 16.7 Å². The predicted octanol–water partition coefficient (Wildman–Crippen LogP) is 3.08. The Labute approximate surface area is 108 Å². The topological polar surface area (TPSA) is 92.4 Å². The lowest BCUT2D eigenvalue weighted by molar-refractivity contribution is 0.936. The zero-order valence-electron chi connectivity index (χ0n) is 10.8. The number of azide groups is 1. The van der Waals surface area contributed by atoms with Crippen molar-refractivity contribution in [1.82, 2.24) is 19.5 Å². The Morgan fingerprint density at radius 1 is 1.26 bits per heavy atom. The average molecular weight is 253 g/mol. The minimum Gasteiger partial charge on any atom is -0.325 e. The molecule has 7 heteroatoms. The quantitative estimate of drug-likeness (QED) is 0.379. The van der Waals surface area contributed by atoms with Gasteiger partial charge in [-0.05, 0) is 36.1 Å². The van der Waals surface area contributed by atoms with E-state index in [0.29, 0.717) is 5.95 Å². The number of imidazole rings is 1. The van der Waals surface area contributed by atoms with Crippen molar-refractivity contribution >= 4 is 28.0 Å². The SMILES string of the molecule is Cc1cnc2cc(C)c3c(nc(N=[N+]=[N-])n3C)c2n1. The smallest absolute Gasteiger partial charge is 0.197 e. The van der Waals surface area contributed by atoms with Gasteiger partial charge in [-0.1, -0.05) is 0 Å². The highest BCUT2D eigenvalue weighted by atomic mass is 15.3. The highest BCUT2D eigenvalue weighted by Gasteiger charge is 2.14. The van der Waals surface area contributed by atoms with Crippen molar-refractivity contribution in [3.63, 3.8) is 0 Å².